The van der Waals surface area contributed by atoms with Crippen molar-refractivity contribution in [1.29, 1.82) is 0 Å². The van der Waals surface area contributed by atoms with Gasteiger partial charge in [0.15, 0.2) is 0 Å². The van der Waals surface area contributed by atoms with Crippen LogP contribution in [-0.4, -0.2) is 35.9 Å². The van der Waals surface area contributed by atoms with Gasteiger partial charge in [-0.05, 0) is 49.6 Å². The van der Waals surface area contributed by atoms with E-state index >= 15 is 0 Å². The first-order chi connectivity index (χ1) is 14.5. The number of rotatable bonds is 12. The molecule has 0 aliphatic heterocycles. The highest BCUT2D eigenvalue weighted by Gasteiger charge is 2.25. The van der Waals surface area contributed by atoms with Crippen LogP contribution in [0.4, 0.5) is 4.39 Å². The van der Waals surface area contributed by atoms with Crippen molar-refractivity contribution in [2.45, 2.75) is 52.1 Å². The van der Waals surface area contributed by atoms with Gasteiger partial charge in [0.2, 0.25) is 11.8 Å². The van der Waals surface area contributed by atoms with E-state index < -0.39 is 6.04 Å². The summed E-state index contributed by atoms with van der Waals surface area (Å²) in [6, 6.07) is 14.8. The van der Waals surface area contributed by atoms with Crippen LogP contribution in [0.25, 0.3) is 0 Å². The first kappa shape index (κ1) is 23.4. The summed E-state index contributed by atoms with van der Waals surface area (Å²) in [6.45, 7) is 5.03. The van der Waals surface area contributed by atoms with E-state index in [9.17, 15) is 14.0 Å². The molecular formula is C24H31FN2O3. The van der Waals surface area contributed by atoms with Gasteiger partial charge < -0.3 is 15.0 Å². The molecule has 2 aromatic rings. The van der Waals surface area contributed by atoms with Crippen molar-refractivity contribution in [3.63, 3.8) is 0 Å². The van der Waals surface area contributed by atoms with Crippen LogP contribution in [0, 0.1) is 5.82 Å². The van der Waals surface area contributed by atoms with Crippen molar-refractivity contribution in [2.24, 2.45) is 0 Å². The molecule has 30 heavy (non-hydrogen) atoms. The maximum absolute atomic E-state index is 13.2. The Morgan fingerprint density at radius 2 is 1.77 bits per heavy atom. The third kappa shape index (κ3) is 7.85. The summed E-state index contributed by atoms with van der Waals surface area (Å²) in [4.78, 5) is 27.0. The fourth-order valence-corrected chi connectivity index (χ4v) is 2.98. The second-order valence-corrected chi connectivity index (χ2v) is 7.23. The standard InChI is InChI=1S/C24H31FN2O3/c1-3-4-16-26-24(29)19(2)27(18-20-12-14-21(25)15-13-20)23(28)11-8-17-30-22-9-6-5-7-10-22/h5-7,9-10,12-15,19H,3-4,8,11,16-18H2,1-2H3,(H,26,29)/t19-/m0/s1. The molecule has 0 saturated heterocycles. The third-order valence-electron chi connectivity index (χ3n) is 4.81. The van der Waals surface area contributed by atoms with Gasteiger partial charge >= 0.3 is 0 Å². The SMILES string of the molecule is CCCCNC(=O)[C@H](C)N(Cc1ccc(F)cc1)C(=O)CCCOc1ccccc1. The molecule has 0 spiro atoms. The largest absolute Gasteiger partial charge is 0.494 e. The number of carbonyl (C=O) groups excluding carboxylic acids is 2. The van der Waals surface area contributed by atoms with Crippen molar-refractivity contribution in [1.82, 2.24) is 10.2 Å². The maximum Gasteiger partial charge on any atom is 0.242 e. The monoisotopic (exact) mass is 414 g/mol. The lowest BCUT2D eigenvalue weighted by atomic mass is 10.1. The van der Waals surface area contributed by atoms with Crippen molar-refractivity contribution >= 4 is 11.8 Å². The van der Waals surface area contributed by atoms with Crippen LogP contribution in [0.5, 0.6) is 5.75 Å². The molecule has 0 unspecified atom stereocenters. The van der Waals surface area contributed by atoms with Gasteiger partial charge in [0.1, 0.15) is 17.6 Å². The number of nitrogens with one attached hydrogen (secondary N) is 1. The predicted octanol–water partition coefficient (Wildman–Crippen LogP) is 4.32. The molecular weight excluding hydrogens is 383 g/mol. The van der Waals surface area contributed by atoms with E-state index in [1.54, 1.807) is 24.0 Å². The Morgan fingerprint density at radius 3 is 2.43 bits per heavy atom. The minimum Gasteiger partial charge on any atom is -0.494 e. The van der Waals surface area contributed by atoms with Crippen LogP contribution in [0.2, 0.25) is 0 Å². The molecule has 6 heteroatoms. The number of carbonyl (C=O) groups is 2. The molecule has 0 radical (unpaired) electrons. The van der Waals surface area contributed by atoms with E-state index in [1.165, 1.54) is 12.1 Å². The highest BCUT2D eigenvalue weighted by molar-refractivity contribution is 5.87. The number of hydrogen-bond acceptors (Lipinski definition) is 3. The van der Waals surface area contributed by atoms with Crippen LogP contribution in [0.15, 0.2) is 54.6 Å². The van der Waals surface area contributed by atoms with Crippen LogP contribution >= 0.6 is 0 Å². The van der Waals surface area contributed by atoms with Crippen LogP contribution in [0.1, 0.15) is 45.1 Å². The summed E-state index contributed by atoms with van der Waals surface area (Å²) in [6.07, 6.45) is 2.67. The van der Waals surface area contributed by atoms with Gasteiger partial charge in [-0.1, -0.05) is 43.7 Å². The highest BCUT2D eigenvalue weighted by Crippen LogP contribution is 2.14. The van der Waals surface area contributed by atoms with Crippen molar-refractivity contribution < 1.29 is 18.7 Å². The third-order valence-corrected chi connectivity index (χ3v) is 4.81. The second-order valence-electron chi connectivity index (χ2n) is 7.23. The lowest BCUT2D eigenvalue weighted by Gasteiger charge is -2.29. The molecule has 1 N–H and O–H groups in total. The minimum atomic E-state index is -0.616. The van der Waals surface area contributed by atoms with Gasteiger partial charge in [0.05, 0.1) is 6.61 Å². The molecule has 0 heterocycles. The van der Waals surface area contributed by atoms with E-state index in [0.717, 1.165) is 24.2 Å². The number of unbranched alkanes of at least 4 members (excludes halogenated alkanes) is 1. The fourth-order valence-electron chi connectivity index (χ4n) is 2.98. The molecule has 2 aromatic carbocycles. The zero-order chi connectivity index (χ0) is 21.8. The summed E-state index contributed by atoms with van der Waals surface area (Å²) in [7, 11) is 0. The van der Waals surface area contributed by atoms with Gasteiger partial charge in [0, 0.05) is 19.5 Å². The van der Waals surface area contributed by atoms with Gasteiger partial charge in [-0.3, -0.25) is 9.59 Å². The average molecular weight is 415 g/mol. The summed E-state index contributed by atoms with van der Waals surface area (Å²) in [5, 5.41) is 2.88. The Kier molecular flexibility index (Phi) is 9.84. The number of hydrogen-bond donors (Lipinski definition) is 1. The topological polar surface area (TPSA) is 58.6 Å². The van der Waals surface area contributed by atoms with Gasteiger partial charge in [0.25, 0.3) is 0 Å². The Balaban J connectivity index is 1.96. The van der Waals surface area contributed by atoms with E-state index in [4.69, 9.17) is 4.74 Å². The maximum atomic E-state index is 13.2. The Hall–Kier alpha value is -2.89. The molecule has 5 nitrogen and oxygen atoms in total. The van der Waals surface area contributed by atoms with Crippen molar-refractivity contribution in [2.75, 3.05) is 13.2 Å². The summed E-state index contributed by atoms with van der Waals surface area (Å²) in [5.74, 6) is 0.116. The van der Waals surface area contributed by atoms with Crippen LogP contribution < -0.4 is 10.1 Å². The number of halogens is 1. The summed E-state index contributed by atoms with van der Waals surface area (Å²) in [5.41, 5.74) is 0.776. The number of benzene rings is 2. The van der Waals surface area contributed by atoms with E-state index in [1.807, 2.05) is 30.3 Å². The second kappa shape index (κ2) is 12.6. The van der Waals surface area contributed by atoms with Crippen LogP contribution in [-0.2, 0) is 16.1 Å². The fraction of sp³-hybridized carbons (Fsp3) is 0.417. The molecule has 162 valence electrons. The molecule has 0 aromatic heterocycles. The smallest absolute Gasteiger partial charge is 0.242 e. The first-order valence-corrected chi connectivity index (χ1v) is 10.5. The van der Waals surface area contributed by atoms with Crippen molar-refractivity contribution in [3.05, 3.63) is 66.0 Å². The average Bonchev–Trinajstić information content (AvgIpc) is 2.76. The minimum absolute atomic E-state index is 0.130. The lowest BCUT2D eigenvalue weighted by Crippen LogP contribution is -2.47. The Morgan fingerprint density at radius 1 is 1.07 bits per heavy atom. The van der Waals surface area contributed by atoms with E-state index in [0.29, 0.717) is 19.6 Å². The summed E-state index contributed by atoms with van der Waals surface area (Å²) >= 11 is 0. The molecule has 1 atom stereocenters. The summed E-state index contributed by atoms with van der Waals surface area (Å²) < 4.78 is 18.9. The molecule has 2 rings (SSSR count). The number of nitrogens with zero attached hydrogens (tertiary/aromatic N) is 1. The quantitative estimate of drug-likeness (QED) is 0.526. The zero-order valence-electron chi connectivity index (χ0n) is 17.8. The molecule has 0 fully saturated rings. The van der Waals surface area contributed by atoms with E-state index in [-0.39, 0.29) is 30.6 Å². The van der Waals surface area contributed by atoms with Crippen LogP contribution in [0.3, 0.4) is 0 Å². The molecule has 2 amide bonds. The predicted molar refractivity (Wildman–Crippen MR) is 116 cm³/mol. The molecule has 0 aliphatic rings. The number of amides is 2. The van der Waals surface area contributed by atoms with Gasteiger partial charge in [-0.15, -0.1) is 0 Å². The lowest BCUT2D eigenvalue weighted by molar-refractivity contribution is -0.140. The highest BCUT2D eigenvalue weighted by atomic mass is 19.1. The Labute approximate surface area is 178 Å². The zero-order valence-corrected chi connectivity index (χ0v) is 17.8. The molecule has 0 bridgehead atoms. The number of ether oxygens (including phenoxy) is 1. The molecule has 0 aliphatic carbocycles. The van der Waals surface area contributed by atoms with E-state index in [2.05, 4.69) is 12.2 Å². The van der Waals surface area contributed by atoms with Gasteiger partial charge in [-0.25, -0.2) is 4.39 Å². The first-order valence-electron chi connectivity index (χ1n) is 10.5. The van der Waals surface area contributed by atoms with Gasteiger partial charge in [-0.2, -0.15) is 0 Å². The Bertz CT molecular complexity index is 781. The molecule has 0 saturated carbocycles. The normalized spacial score (nSPS) is 11.6. The van der Waals surface area contributed by atoms with Crippen molar-refractivity contribution in [3.8, 4) is 5.75 Å². The number of para-hydroxylation sites is 1.